The van der Waals surface area contributed by atoms with Gasteiger partial charge < -0.3 is 18.9 Å². The predicted molar refractivity (Wildman–Crippen MR) is 56.7 cm³/mol. The monoisotopic (exact) mass is 255 g/mol. The van der Waals surface area contributed by atoms with E-state index in [1.165, 1.54) is 19.2 Å². The summed E-state index contributed by atoms with van der Waals surface area (Å²) in [6.45, 7) is -0.427. The molecule has 1 aromatic rings. The number of nitro benzene ring substituents is 1. The molecule has 0 N–H and O–H groups in total. The third-order valence-corrected chi connectivity index (χ3v) is 2.22. The van der Waals surface area contributed by atoms with Crippen LogP contribution in [-0.2, 0) is 9.53 Å². The predicted octanol–water partition coefficient (Wildman–Crippen LogP) is 0.875. The Bertz CT molecular complexity index is 499. The number of carbonyl (C=O) groups excluding carboxylic acids is 1. The first-order valence-corrected chi connectivity index (χ1v) is 4.89. The molecule has 8 heteroatoms. The van der Waals surface area contributed by atoms with Crippen LogP contribution in [0.1, 0.15) is 0 Å². The quantitative estimate of drug-likeness (QED) is 0.447. The summed E-state index contributed by atoms with van der Waals surface area (Å²) in [6.07, 6.45) is 0. The van der Waals surface area contributed by atoms with E-state index < -0.39 is 17.5 Å². The molecule has 0 bridgehead atoms. The van der Waals surface area contributed by atoms with E-state index in [0.717, 1.165) is 0 Å². The second-order valence-corrected chi connectivity index (χ2v) is 3.30. The van der Waals surface area contributed by atoms with Gasteiger partial charge in [-0.1, -0.05) is 0 Å². The Kier molecular flexibility index (Phi) is 3.18. The molecule has 0 radical (unpaired) electrons. The minimum atomic E-state index is -0.637. The molecule has 1 heterocycles. The molecule has 0 atom stereocenters. The van der Waals surface area contributed by atoms with Crippen molar-refractivity contribution < 1.29 is 28.7 Å². The molecular weight excluding hydrogens is 246 g/mol. The van der Waals surface area contributed by atoms with E-state index in [0.29, 0.717) is 5.75 Å². The Morgan fingerprint density at radius 1 is 1.44 bits per heavy atom. The normalized spacial score (nSPS) is 12.1. The molecule has 0 spiro atoms. The van der Waals surface area contributed by atoms with Crippen molar-refractivity contribution in [2.24, 2.45) is 0 Å². The SMILES string of the molecule is COC(=O)COc1cc2c(cc1[N+](=O)[O-])OCO2. The Hall–Kier alpha value is -2.51. The zero-order valence-electron chi connectivity index (χ0n) is 9.37. The van der Waals surface area contributed by atoms with Crippen molar-refractivity contribution in [1.82, 2.24) is 0 Å². The second-order valence-electron chi connectivity index (χ2n) is 3.30. The Morgan fingerprint density at radius 2 is 2.11 bits per heavy atom. The van der Waals surface area contributed by atoms with Crippen LogP contribution in [0.4, 0.5) is 5.69 Å². The second kappa shape index (κ2) is 4.78. The van der Waals surface area contributed by atoms with Crippen LogP contribution < -0.4 is 14.2 Å². The lowest BCUT2D eigenvalue weighted by Gasteiger charge is -2.06. The van der Waals surface area contributed by atoms with E-state index in [2.05, 4.69) is 4.74 Å². The summed E-state index contributed by atoms with van der Waals surface area (Å²) < 4.78 is 19.5. The van der Waals surface area contributed by atoms with E-state index in [-0.39, 0.29) is 24.0 Å². The molecule has 18 heavy (non-hydrogen) atoms. The molecule has 1 aliphatic heterocycles. The molecule has 0 amide bonds. The number of esters is 1. The van der Waals surface area contributed by atoms with Gasteiger partial charge in [0, 0.05) is 6.07 Å². The van der Waals surface area contributed by atoms with Crippen LogP contribution in [0.25, 0.3) is 0 Å². The van der Waals surface area contributed by atoms with Crippen molar-refractivity contribution >= 4 is 11.7 Å². The van der Waals surface area contributed by atoms with Gasteiger partial charge in [0.05, 0.1) is 18.1 Å². The number of ether oxygens (including phenoxy) is 4. The van der Waals surface area contributed by atoms with Crippen LogP contribution in [0.2, 0.25) is 0 Å². The number of benzene rings is 1. The molecule has 8 nitrogen and oxygen atoms in total. The van der Waals surface area contributed by atoms with Crippen LogP contribution >= 0.6 is 0 Å². The summed E-state index contributed by atoms with van der Waals surface area (Å²) in [6, 6.07) is 2.50. The number of nitro groups is 1. The van der Waals surface area contributed by atoms with Crippen LogP contribution in [0.15, 0.2) is 12.1 Å². The largest absolute Gasteiger partial charge is 0.475 e. The molecule has 0 saturated heterocycles. The number of hydrogen-bond acceptors (Lipinski definition) is 7. The average molecular weight is 255 g/mol. The maximum absolute atomic E-state index is 10.9. The highest BCUT2D eigenvalue weighted by Gasteiger charge is 2.24. The first kappa shape index (κ1) is 12.0. The number of hydrogen-bond donors (Lipinski definition) is 0. The molecule has 1 aromatic carbocycles. The molecule has 2 rings (SSSR count). The van der Waals surface area contributed by atoms with Crippen molar-refractivity contribution in [2.45, 2.75) is 0 Å². The lowest BCUT2D eigenvalue weighted by Crippen LogP contribution is -2.13. The van der Waals surface area contributed by atoms with Crippen LogP contribution in [0.5, 0.6) is 17.2 Å². The van der Waals surface area contributed by atoms with E-state index in [1.807, 2.05) is 0 Å². The van der Waals surface area contributed by atoms with E-state index in [1.54, 1.807) is 0 Å². The number of rotatable bonds is 4. The summed E-state index contributed by atoms with van der Waals surface area (Å²) in [5.74, 6) is -0.107. The minimum absolute atomic E-state index is 0.00700. The van der Waals surface area contributed by atoms with Gasteiger partial charge in [-0.25, -0.2) is 4.79 Å². The third-order valence-electron chi connectivity index (χ3n) is 2.22. The fourth-order valence-electron chi connectivity index (χ4n) is 1.37. The highest BCUT2D eigenvalue weighted by atomic mass is 16.7. The number of fused-ring (bicyclic) bond motifs is 1. The first-order valence-electron chi connectivity index (χ1n) is 4.89. The van der Waals surface area contributed by atoms with Gasteiger partial charge in [0.15, 0.2) is 18.1 Å². The molecule has 0 aromatic heterocycles. The lowest BCUT2D eigenvalue weighted by molar-refractivity contribution is -0.385. The van der Waals surface area contributed by atoms with Gasteiger partial charge in [0.25, 0.3) is 0 Å². The van der Waals surface area contributed by atoms with Crippen molar-refractivity contribution in [3.63, 3.8) is 0 Å². The molecule has 0 fully saturated rings. The van der Waals surface area contributed by atoms with Gasteiger partial charge in [0.1, 0.15) is 0 Å². The van der Waals surface area contributed by atoms with Gasteiger partial charge in [-0.15, -0.1) is 0 Å². The summed E-state index contributed by atoms with van der Waals surface area (Å²) in [5, 5.41) is 10.8. The van der Waals surface area contributed by atoms with Gasteiger partial charge >= 0.3 is 11.7 Å². The topological polar surface area (TPSA) is 97.1 Å². The van der Waals surface area contributed by atoms with Gasteiger partial charge in [-0.05, 0) is 0 Å². The first-order chi connectivity index (χ1) is 8.61. The Balaban J connectivity index is 2.27. The zero-order valence-corrected chi connectivity index (χ0v) is 9.37. The molecule has 0 unspecified atom stereocenters. The summed E-state index contributed by atoms with van der Waals surface area (Å²) >= 11 is 0. The van der Waals surface area contributed by atoms with Gasteiger partial charge in [-0.3, -0.25) is 10.1 Å². The number of carbonyl (C=O) groups is 1. The van der Waals surface area contributed by atoms with Crippen molar-refractivity contribution in [3.8, 4) is 17.2 Å². The average Bonchev–Trinajstić information content (AvgIpc) is 2.81. The molecule has 0 aliphatic carbocycles. The smallest absolute Gasteiger partial charge is 0.343 e. The fraction of sp³-hybridized carbons (Fsp3) is 0.300. The summed E-state index contributed by atoms with van der Waals surface area (Å²) in [5.41, 5.74) is -0.303. The van der Waals surface area contributed by atoms with Gasteiger partial charge in [0.2, 0.25) is 12.5 Å². The maximum Gasteiger partial charge on any atom is 0.343 e. The molecule has 1 aliphatic rings. The lowest BCUT2D eigenvalue weighted by atomic mass is 10.2. The summed E-state index contributed by atoms with van der Waals surface area (Å²) in [4.78, 5) is 21.1. The standard InChI is InChI=1S/C10H9NO7/c1-15-10(12)4-16-7-3-9-8(17-5-18-9)2-6(7)11(13)14/h2-3H,4-5H2,1H3. The number of nitrogens with zero attached hydrogens (tertiary/aromatic N) is 1. The third kappa shape index (κ3) is 2.26. The summed E-state index contributed by atoms with van der Waals surface area (Å²) in [7, 11) is 1.19. The van der Waals surface area contributed by atoms with Gasteiger partial charge in [-0.2, -0.15) is 0 Å². The van der Waals surface area contributed by atoms with Crippen molar-refractivity contribution in [2.75, 3.05) is 20.5 Å². The van der Waals surface area contributed by atoms with E-state index >= 15 is 0 Å². The van der Waals surface area contributed by atoms with Crippen molar-refractivity contribution in [1.29, 1.82) is 0 Å². The fourth-order valence-corrected chi connectivity index (χ4v) is 1.37. The van der Waals surface area contributed by atoms with Crippen molar-refractivity contribution in [3.05, 3.63) is 22.2 Å². The van der Waals surface area contributed by atoms with E-state index in [9.17, 15) is 14.9 Å². The van der Waals surface area contributed by atoms with Crippen LogP contribution in [-0.4, -0.2) is 31.4 Å². The maximum atomic E-state index is 10.9. The Morgan fingerprint density at radius 3 is 2.72 bits per heavy atom. The minimum Gasteiger partial charge on any atom is -0.475 e. The highest BCUT2D eigenvalue weighted by molar-refractivity contribution is 5.71. The number of methoxy groups -OCH3 is 1. The van der Waals surface area contributed by atoms with Crippen LogP contribution in [0, 0.1) is 10.1 Å². The molecule has 96 valence electrons. The zero-order chi connectivity index (χ0) is 13.1. The highest BCUT2D eigenvalue weighted by Crippen LogP contribution is 2.41. The Labute approximate surface area is 101 Å². The molecule has 0 saturated carbocycles. The molecular formula is C10H9NO7. The van der Waals surface area contributed by atoms with E-state index in [4.69, 9.17) is 14.2 Å². The van der Waals surface area contributed by atoms with Crippen LogP contribution in [0.3, 0.4) is 0 Å².